The molecule has 0 spiro atoms. The van der Waals surface area contributed by atoms with Gasteiger partial charge in [-0.2, -0.15) is 0 Å². The molecule has 0 radical (unpaired) electrons. The smallest absolute Gasteiger partial charge is 0.119 e. The lowest BCUT2D eigenvalue weighted by molar-refractivity contribution is 0.214. The number of hydrogen-bond donors (Lipinski definition) is 1. The fraction of sp³-hybridized carbons (Fsp3) is 0.355. The fourth-order valence-electron chi connectivity index (χ4n) is 4.81. The Morgan fingerprint density at radius 3 is 2.03 bits per heavy atom. The first-order valence-electron chi connectivity index (χ1n) is 12.7. The van der Waals surface area contributed by atoms with Crippen molar-refractivity contribution in [2.24, 2.45) is 0 Å². The lowest BCUT2D eigenvalue weighted by atomic mass is 9.88. The van der Waals surface area contributed by atoms with Crippen molar-refractivity contribution in [2.75, 3.05) is 26.2 Å². The third-order valence-electron chi connectivity index (χ3n) is 6.71. The lowest BCUT2D eigenvalue weighted by Crippen LogP contribution is -2.29. The van der Waals surface area contributed by atoms with Crippen LogP contribution in [0.5, 0.6) is 11.5 Å². The Morgan fingerprint density at radius 2 is 1.41 bits per heavy atom. The molecule has 0 unspecified atom stereocenters. The van der Waals surface area contributed by atoms with Gasteiger partial charge in [-0.15, -0.1) is 0 Å². The lowest BCUT2D eigenvalue weighted by Gasteiger charge is -2.20. The highest BCUT2D eigenvalue weighted by Gasteiger charge is 2.13. The summed E-state index contributed by atoms with van der Waals surface area (Å²) >= 11 is 0. The number of phenols is 1. The van der Waals surface area contributed by atoms with Gasteiger partial charge in [0.25, 0.3) is 0 Å². The largest absolute Gasteiger partial charge is 0.508 e. The maximum atomic E-state index is 9.83. The topological polar surface area (TPSA) is 32.7 Å². The predicted octanol–water partition coefficient (Wildman–Crippen LogP) is 7.10. The average molecular weight is 456 g/mol. The van der Waals surface area contributed by atoms with Gasteiger partial charge in [0.15, 0.2) is 0 Å². The van der Waals surface area contributed by atoms with E-state index in [9.17, 15) is 5.11 Å². The van der Waals surface area contributed by atoms with E-state index in [2.05, 4.69) is 66.4 Å². The molecule has 0 aromatic heterocycles. The zero-order valence-corrected chi connectivity index (χ0v) is 20.4. The van der Waals surface area contributed by atoms with Crippen molar-refractivity contribution in [3.63, 3.8) is 0 Å². The molecule has 0 atom stereocenters. The molecule has 0 amide bonds. The molecule has 1 fully saturated rings. The van der Waals surface area contributed by atoms with Crippen LogP contribution in [0.25, 0.3) is 5.57 Å². The van der Waals surface area contributed by atoms with E-state index in [-0.39, 0.29) is 5.75 Å². The van der Waals surface area contributed by atoms with Gasteiger partial charge in [0.1, 0.15) is 18.1 Å². The molecule has 178 valence electrons. The van der Waals surface area contributed by atoms with Gasteiger partial charge in [-0.1, -0.05) is 79.9 Å². The Labute approximate surface area is 204 Å². The van der Waals surface area contributed by atoms with Crippen LogP contribution in [0.4, 0.5) is 0 Å². The highest BCUT2D eigenvalue weighted by atomic mass is 16.5. The molecule has 3 heteroatoms. The van der Waals surface area contributed by atoms with Gasteiger partial charge in [-0.3, -0.25) is 4.90 Å². The number of hydrogen-bond acceptors (Lipinski definition) is 3. The van der Waals surface area contributed by atoms with E-state index in [1.54, 1.807) is 12.1 Å². The highest BCUT2D eigenvalue weighted by molar-refractivity contribution is 5.82. The second kappa shape index (κ2) is 12.4. The molecule has 1 aliphatic rings. The van der Waals surface area contributed by atoms with E-state index in [0.29, 0.717) is 0 Å². The number of nitrogens with zero attached hydrogens (tertiary/aromatic N) is 1. The normalized spacial score (nSPS) is 15.4. The van der Waals surface area contributed by atoms with Gasteiger partial charge in [0.05, 0.1) is 0 Å². The van der Waals surface area contributed by atoms with Crippen LogP contribution >= 0.6 is 0 Å². The average Bonchev–Trinajstić information content (AvgIpc) is 3.15. The third kappa shape index (κ3) is 6.74. The van der Waals surface area contributed by atoms with Gasteiger partial charge < -0.3 is 9.84 Å². The van der Waals surface area contributed by atoms with Crippen LogP contribution in [0.1, 0.15) is 55.7 Å². The minimum absolute atomic E-state index is 0.289. The molecule has 1 heterocycles. The summed E-state index contributed by atoms with van der Waals surface area (Å²) < 4.78 is 6.10. The minimum atomic E-state index is 0.289. The number of ether oxygens (including phenoxy) is 1. The van der Waals surface area contributed by atoms with Crippen LogP contribution < -0.4 is 4.74 Å². The summed E-state index contributed by atoms with van der Waals surface area (Å²) in [4.78, 5) is 2.53. The molecule has 4 rings (SSSR count). The summed E-state index contributed by atoms with van der Waals surface area (Å²) in [6, 6.07) is 26.7. The Kier molecular flexibility index (Phi) is 8.81. The summed E-state index contributed by atoms with van der Waals surface area (Å²) in [5, 5.41) is 9.83. The molecule has 3 nitrogen and oxygen atoms in total. The van der Waals surface area contributed by atoms with Gasteiger partial charge in [0.2, 0.25) is 0 Å². The molecule has 1 saturated heterocycles. The Morgan fingerprint density at radius 1 is 0.794 bits per heavy atom. The number of likely N-dealkylation sites (tertiary alicyclic amines) is 1. The second-order valence-electron chi connectivity index (χ2n) is 9.17. The van der Waals surface area contributed by atoms with Crippen molar-refractivity contribution < 1.29 is 9.84 Å². The van der Waals surface area contributed by atoms with E-state index >= 15 is 0 Å². The van der Waals surface area contributed by atoms with Gasteiger partial charge in [0, 0.05) is 6.54 Å². The summed E-state index contributed by atoms with van der Waals surface area (Å²) in [5.74, 6) is 1.21. The van der Waals surface area contributed by atoms with Crippen molar-refractivity contribution >= 4 is 5.57 Å². The van der Waals surface area contributed by atoms with Crippen LogP contribution in [0.3, 0.4) is 0 Å². The fourth-order valence-corrected chi connectivity index (χ4v) is 4.81. The van der Waals surface area contributed by atoms with Crippen LogP contribution in [0.2, 0.25) is 0 Å². The Hall–Kier alpha value is -3.04. The van der Waals surface area contributed by atoms with Gasteiger partial charge >= 0.3 is 0 Å². The Bertz CT molecular complexity index is 1030. The van der Waals surface area contributed by atoms with Crippen LogP contribution in [0, 0.1) is 0 Å². The molecule has 1 N–H and O–H groups in total. The molecular formula is C31H37NO2. The first-order valence-corrected chi connectivity index (χ1v) is 12.7. The molecule has 1 aliphatic heterocycles. The van der Waals surface area contributed by atoms with Crippen molar-refractivity contribution in [1.82, 2.24) is 4.90 Å². The quantitative estimate of drug-likeness (QED) is 0.373. The number of benzene rings is 3. The maximum Gasteiger partial charge on any atom is 0.119 e. The van der Waals surface area contributed by atoms with Gasteiger partial charge in [-0.25, -0.2) is 0 Å². The zero-order valence-electron chi connectivity index (χ0n) is 20.4. The van der Waals surface area contributed by atoms with Crippen LogP contribution in [-0.2, 0) is 6.42 Å². The number of phenolic OH excluding ortho intramolecular Hbond substituents is 1. The molecule has 0 saturated carbocycles. The number of rotatable bonds is 9. The minimum Gasteiger partial charge on any atom is -0.508 e. The SMILES string of the molecule is CC/C(Cc1ccccc1)=C(/c1ccc(O)cc1)c1ccc(OCCN2CCCCCC2)cc1. The third-order valence-corrected chi connectivity index (χ3v) is 6.71. The zero-order chi connectivity index (χ0) is 23.6. The molecule has 0 bridgehead atoms. The number of allylic oxidation sites excluding steroid dienone is 1. The summed E-state index contributed by atoms with van der Waals surface area (Å²) in [6.45, 7) is 6.35. The first-order chi connectivity index (χ1) is 16.7. The predicted molar refractivity (Wildman–Crippen MR) is 141 cm³/mol. The highest BCUT2D eigenvalue weighted by Crippen LogP contribution is 2.32. The van der Waals surface area contributed by atoms with Crippen LogP contribution in [0.15, 0.2) is 84.4 Å². The van der Waals surface area contributed by atoms with E-state index in [1.807, 2.05) is 12.1 Å². The molecule has 3 aromatic rings. The van der Waals surface area contributed by atoms with E-state index in [1.165, 1.54) is 61.0 Å². The van der Waals surface area contributed by atoms with Gasteiger partial charge in [-0.05, 0) is 85.3 Å². The van der Waals surface area contributed by atoms with Crippen molar-refractivity contribution in [1.29, 1.82) is 0 Å². The van der Waals surface area contributed by atoms with Crippen molar-refractivity contribution in [3.05, 3.63) is 101 Å². The molecule has 0 aliphatic carbocycles. The van der Waals surface area contributed by atoms with E-state index in [4.69, 9.17) is 4.74 Å². The number of aromatic hydroxyl groups is 1. The van der Waals surface area contributed by atoms with E-state index in [0.717, 1.165) is 37.3 Å². The van der Waals surface area contributed by atoms with Crippen molar-refractivity contribution in [2.45, 2.75) is 45.4 Å². The summed E-state index contributed by atoms with van der Waals surface area (Å²) in [5.41, 5.74) is 6.23. The molecular weight excluding hydrogens is 418 g/mol. The summed E-state index contributed by atoms with van der Waals surface area (Å²) in [6.07, 6.45) is 7.20. The standard InChI is InChI=1S/C31H37NO2/c1-2-26(24-25-10-6-5-7-11-25)31(27-12-16-29(33)17-13-27)28-14-18-30(19-15-28)34-23-22-32-20-8-3-4-9-21-32/h5-7,10-19,33H,2-4,8-9,20-24H2,1H3/b31-26+. The molecule has 3 aromatic carbocycles. The maximum absolute atomic E-state index is 9.83. The molecule has 34 heavy (non-hydrogen) atoms. The first kappa shape index (κ1) is 24.1. The summed E-state index contributed by atoms with van der Waals surface area (Å²) in [7, 11) is 0. The second-order valence-corrected chi connectivity index (χ2v) is 9.17. The van der Waals surface area contributed by atoms with Crippen LogP contribution in [-0.4, -0.2) is 36.2 Å². The monoisotopic (exact) mass is 455 g/mol. The van der Waals surface area contributed by atoms with Crippen molar-refractivity contribution in [3.8, 4) is 11.5 Å². The Balaban J connectivity index is 1.53. The van der Waals surface area contributed by atoms with E-state index < -0.39 is 0 Å².